The topological polar surface area (TPSA) is 12.0 Å². The Morgan fingerprint density at radius 3 is 2.31 bits per heavy atom. The van der Waals surface area contributed by atoms with Gasteiger partial charge in [-0.1, -0.05) is 24.6 Å². The number of nitrogens with one attached hydrogen (secondary N) is 1. The van der Waals surface area contributed by atoms with Gasteiger partial charge in [-0.2, -0.15) is 11.8 Å². The van der Waals surface area contributed by atoms with E-state index < -0.39 is 0 Å². The first-order valence-electron chi connectivity index (χ1n) is 6.00. The van der Waals surface area contributed by atoms with Gasteiger partial charge >= 0.3 is 0 Å². The first kappa shape index (κ1) is 12.0. The van der Waals surface area contributed by atoms with Crippen LogP contribution in [0.1, 0.15) is 35.2 Å². The third kappa shape index (κ3) is 2.44. The zero-order chi connectivity index (χ0) is 11.7. The van der Waals surface area contributed by atoms with E-state index in [1.54, 1.807) is 0 Å². The summed E-state index contributed by atoms with van der Waals surface area (Å²) < 4.78 is 0. The maximum absolute atomic E-state index is 3.67. The second-order valence-corrected chi connectivity index (χ2v) is 6.39. The van der Waals surface area contributed by atoms with Gasteiger partial charge in [0, 0.05) is 23.6 Å². The fourth-order valence-electron chi connectivity index (χ4n) is 2.61. The van der Waals surface area contributed by atoms with Gasteiger partial charge in [0.25, 0.3) is 0 Å². The average molecular weight is 235 g/mol. The van der Waals surface area contributed by atoms with Crippen LogP contribution in [0, 0.1) is 20.8 Å². The van der Waals surface area contributed by atoms with Crippen LogP contribution >= 0.6 is 11.8 Å². The first-order chi connectivity index (χ1) is 7.58. The molecule has 1 saturated heterocycles. The fourth-order valence-corrected chi connectivity index (χ4v) is 3.63. The summed E-state index contributed by atoms with van der Waals surface area (Å²) in [4.78, 5) is 0. The van der Waals surface area contributed by atoms with Crippen LogP contribution in [-0.4, -0.2) is 17.5 Å². The van der Waals surface area contributed by atoms with Gasteiger partial charge in [-0.05, 0) is 37.5 Å². The van der Waals surface area contributed by atoms with E-state index in [9.17, 15) is 0 Å². The molecule has 1 heterocycles. The number of thioether (sulfide) groups is 1. The molecule has 1 fully saturated rings. The third-order valence-electron chi connectivity index (χ3n) is 3.29. The second-order valence-electron chi connectivity index (χ2n) is 4.92. The van der Waals surface area contributed by atoms with Crippen LogP contribution in [0.15, 0.2) is 12.1 Å². The Morgan fingerprint density at radius 2 is 1.81 bits per heavy atom. The molecule has 1 nitrogen and oxygen atoms in total. The smallest absolute Gasteiger partial charge is 0.0417 e. The molecule has 1 aliphatic rings. The van der Waals surface area contributed by atoms with E-state index in [4.69, 9.17) is 0 Å². The Morgan fingerprint density at radius 1 is 1.19 bits per heavy atom. The lowest BCUT2D eigenvalue weighted by Gasteiger charge is -2.30. The summed E-state index contributed by atoms with van der Waals surface area (Å²) >= 11 is 2.08. The van der Waals surface area contributed by atoms with Crippen LogP contribution in [-0.2, 0) is 0 Å². The quantitative estimate of drug-likeness (QED) is 0.801. The number of rotatable bonds is 1. The van der Waals surface area contributed by atoms with E-state index in [0.29, 0.717) is 6.04 Å². The Kier molecular flexibility index (Phi) is 3.60. The Balaban J connectivity index is 2.26. The molecule has 0 aromatic heterocycles. The second kappa shape index (κ2) is 4.80. The van der Waals surface area contributed by atoms with E-state index in [1.165, 1.54) is 28.0 Å². The molecule has 1 aromatic rings. The Labute approximate surface area is 103 Å². The predicted octanol–water partition coefficient (Wildman–Crippen LogP) is 3.38. The lowest BCUT2D eigenvalue weighted by molar-refractivity contribution is 0.559. The Bertz CT molecular complexity index is 355. The van der Waals surface area contributed by atoms with Crippen molar-refractivity contribution < 1.29 is 0 Å². The molecule has 2 rings (SSSR count). The molecule has 0 aliphatic carbocycles. The summed E-state index contributed by atoms with van der Waals surface area (Å²) in [5.74, 6) is 1.20. The number of hydrogen-bond donors (Lipinski definition) is 1. The van der Waals surface area contributed by atoms with Crippen LogP contribution in [0.4, 0.5) is 0 Å². The van der Waals surface area contributed by atoms with Gasteiger partial charge in [-0.3, -0.25) is 0 Å². The van der Waals surface area contributed by atoms with E-state index in [1.807, 2.05) is 0 Å². The molecular weight excluding hydrogens is 214 g/mol. The first-order valence-corrected chi connectivity index (χ1v) is 7.05. The van der Waals surface area contributed by atoms with E-state index in [-0.39, 0.29) is 0 Å². The molecule has 0 bridgehead atoms. The minimum Gasteiger partial charge on any atom is -0.308 e. The SMILES string of the molecule is Cc1cc(C)c(C2CSC(C)CN2)c(C)c1. The van der Waals surface area contributed by atoms with Crippen molar-refractivity contribution in [3.05, 3.63) is 34.4 Å². The van der Waals surface area contributed by atoms with Crippen LogP contribution in [0.25, 0.3) is 0 Å². The van der Waals surface area contributed by atoms with Gasteiger partial charge in [0.1, 0.15) is 0 Å². The van der Waals surface area contributed by atoms with Crippen molar-refractivity contribution >= 4 is 11.8 Å². The van der Waals surface area contributed by atoms with Crippen molar-refractivity contribution in [2.75, 3.05) is 12.3 Å². The highest BCUT2D eigenvalue weighted by molar-refractivity contribution is 8.00. The molecule has 2 atom stereocenters. The summed E-state index contributed by atoms with van der Waals surface area (Å²) in [7, 11) is 0. The molecule has 0 saturated carbocycles. The summed E-state index contributed by atoms with van der Waals surface area (Å²) in [6.45, 7) is 10.1. The molecule has 2 heteroatoms. The minimum atomic E-state index is 0.543. The highest BCUT2D eigenvalue weighted by Crippen LogP contribution is 2.30. The van der Waals surface area contributed by atoms with Gasteiger partial charge in [-0.25, -0.2) is 0 Å². The van der Waals surface area contributed by atoms with Crippen molar-refractivity contribution in [1.29, 1.82) is 0 Å². The summed E-state index contributed by atoms with van der Waals surface area (Å²) in [6, 6.07) is 5.14. The molecule has 1 N–H and O–H groups in total. The number of benzene rings is 1. The van der Waals surface area contributed by atoms with E-state index in [0.717, 1.165) is 11.8 Å². The van der Waals surface area contributed by atoms with Gasteiger partial charge in [0.05, 0.1) is 0 Å². The van der Waals surface area contributed by atoms with Crippen molar-refractivity contribution in [1.82, 2.24) is 5.32 Å². The predicted molar refractivity (Wildman–Crippen MR) is 73.3 cm³/mol. The highest BCUT2D eigenvalue weighted by Gasteiger charge is 2.21. The molecule has 0 spiro atoms. The fraction of sp³-hybridized carbons (Fsp3) is 0.571. The average Bonchev–Trinajstić information content (AvgIpc) is 2.19. The molecular formula is C14H21NS. The maximum Gasteiger partial charge on any atom is 0.0417 e. The van der Waals surface area contributed by atoms with E-state index >= 15 is 0 Å². The normalized spacial score (nSPS) is 25.8. The summed E-state index contributed by atoms with van der Waals surface area (Å²) in [5.41, 5.74) is 5.76. The number of hydrogen-bond acceptors (Lipinski definition) is 2. The molecule has 0 radical (unpaired) electrons. The van der Waals surface area contributed by atoms with Gasteiger partial charge in [0.15, 0.2) is 0 Å². The highest BCUT2D eigenvalue weighted by atomic mass is 32.2. The van der Waals surface area contributed by atoms with Crippen molar-refractivity contribution in [2.45, 2.75) is 39.0 Å². The van der Waals surface area contributed by atoms with Crippen LogP contribution < -0.4 is 5.32 Å². The lowest BCUT2D eigenvalue weighted by Crippen LogP contribution is -2.35. The van der Waals surface area contributed by atoms with Gasteiger partial charge in [0.2, 0.25) is 0 Å². The van der Waals surface area contributed by atoms with Crippen molar-refractivity contribution in [2.24, 2.45) is 0 Å². The monoisotopic (exact) mass is 235 g/mol. The summed E-state index contributed by atoms with van der Waals surface area (Å²) in [6.07, 6.45) is 0. The molecule has 0 amide bonds. The molecule has 88 valence electrons. The lowest BCUT2D eigenvalue weighted by atomic mass is 9.94. The van der Waals surface area contributed by atoms with Crippen molar-refractivity contribution in [3.63, 3.8) is 0 Å². The maximum atomic E-state index is 3.67. The van der Waals surface area contributed by atoms with Gasteiger partial charge < -0.3 is 5.32 Å². The largest absolute Gasteiger partial charge is 0.308 e. The minimum absolute atomic E-state index is 0.543. The molecule has 1 aromatic carbocycles. The molecule has 2 unspecified atom stereocenters. The van der Waals surface area contributed by atoms with Crippen LogP contribution in [0.3, 0.4) is 0 Å². The van der Waals surface area contributed by atoms with Gasteiger partial charge in [-0.15, -0.1) is 0 Å². The Hall–Kier alpha value is -0.470. The number of aryl methyl sites for hydroxylation is 3. The standard InChI is InChI=1S/C14H21NS/c1-9-5-10(2)14(11(3)6-9)13-8-16-12(4)7-15-13/h5-6,12-13,15H,7-8H2,1-4H3. The summed E-state index contributed by atoms with van der Waals surface area (Å²) in [5, 5.41) is 4.42. The molecule has 1 aliphatic heterocycles. The van der Waals surface area contributed by atoms with Crippen LogP contribution in [0.2, 0.25) is 0 Å². The zero-order valence-electron chi connectivity index (χ0n) is 10.6. The van der Waals surface area contributed by atoms with Crippen LogP contribution in [0.5, 0.6) is 0 Å². The third-order valence-corrected chi connectivity index (χ3v) is 4.55. The zero-order valence-corrected chi connectivity index (χ0v) is 11.4. The van der Waals surface area contributed by atoms with Crippen molar-refractivity contribution in [3.8, 4) is 0 Å². The van der Waals surface area contributed by atoms with E-state index in [2.05, 4.69) is 56.9 Å². The molecule has 16 heavy (non-hydrogen) atoms.